The van der Waals surface area contributed by atoms with Crippen LogP contribution in [-0.2, 0) is 41.3 Å². The molecule has 1 unspecified atom stereocenters. The largest absolute Gasteiger partial charge is 0.472 e. The Morgan fingerprint density at radius 1 is 0.609 bits per heavy atom. The highest BCUT2D eigenvalue weighted by atomic mass is 31.2. The van der Waals surface area contributed by atoms with Gasteiger partial charge in [0.1, 0.15) is 42.7 Å². The number of phosphoric acid groups is 3. The van der Waals surface area contributed by atoms with Gasteiger partial charge in [-0.05, 0) is 25.8 Å². The molecule has 0 aromatic heterocycles. The van der Waals surface area contributed by atoms with Crippen molar-refractivity contribution in [3.05, 3.63) is 0 Å². The van der Waals surface area contributed by atoms with Crippen LogP contribution in [0.5, 0.6) is 0 Å². The first-order valence-corrected chi connectivity index (χ1v) is 20.1. The summed E-state index contributed by atoms with van der Waals surface area (Å²) in [6.45, 7) is 2.99. The summed E-state index contributed by atoms with van der Waals surface area (Å²) >= 11 is 0. The lowest BCUT2D eigenvalue weighted by molar-refractivity contribution is -0.213. The van der Waals surface area contributed by atoms with Gasteiger partial charge < -0.3 is 55.0 Å². The van der Waals surface area contributed by atoms with Gasteiger partial charge in [-0.3, -0.25) is 18.1 Å². The molecule has 0 spiro atoms. The van der Waals surface area contributed by atoms with Crippen LogP contribution < -0.4 is 5.73 Å². The molecule has 276 valence electrons. The number of phosphoric ester groups is 3. The fourth-order valence-electron chi connectivity index (χ4n) is 4.76. The standard InChI is InChI=1S/C25H54NO17P3/c1-2-3-4-5-10-13-16-39-19(17-38-15-12-9-7-6-8-11-14-26)18-40-46(36,37)43-23-20(27)21(28)24(41-44(30,31)32)25(22(23)29)42-45(33,34)35/h19-25,27-29H,2-18,26H2,1H3,(H,36,37)(H2,30,31,32)(H2,33,34,35)/t19-,20-,21+,22+,23-,24-,25-/m1/s1. The van der Waals surface area contributed by atoms with E-state index in [1.165, 1.54) is 0 Å². The maximum Gasteiger partial charge on any atom is 0.472 e. The molecule has 0 aromatic rings. The van der Waals surface area contributed by atoms with E-state index in [1.807, 2.05) is 0 Å². The Kier molecular flexibility index (Phi) is 21.8. The second-order valence-corrected chi connectivity index (χ2v) is 15.0. The van der Waals surface area contributed by atoms with Gasteiger partial charge in [0.05, 0.1) is 13.2 Å². The summed E-state index contributed by atoms with van der Waals surface area (Å²) < 4.78 is 65.7. The Labute approximate surface area is 270 Å². The van der Waals surface area contributed by atoms with Crippen LogP contribution in [0.1, 0.15) is 84.0 Å². The zero-order chi connectivity index (χ0) is 34.8. The van der Waals surface area contributed by atoms with Crippen LogP contribution >= 0.6 is 23.5 Å². The van der Waals surface area contributed by atoms with Crippen LogP contribution in [0.3, 0.4) is 0 Å². The van der Waals surface area contributed by atoms with Crippen molar-refractivity contribution in [3.8, 4) is 0 Å². The summed E-state index contributed by atoms with van der Waals surface area (Å²) in [7, 11) is -16.2. The third kappa shape index (κ3) is 19.3. The lowest BCUT2D eigenvalue weighted by Crippen LogP contribution is -2.65. The van der Waals surface area contributed by atoms with E-state index >= 15 is 0 Å². The Morgan fingerprint density at radius 2 is 1.09 bits per heavy atom. The molecule has 10 N–H and O–H groups in total. The highest BCUT2D eigenvalue weighted by molar-refractivity contribution is 7.47. The van der Waals surface area contributed by atoms with Gasteiger partial charge in [0.25, 0.3) is 0 Å². The second-order valence-electron chi connectivity index (χ2n) is 11.2. The molecule has 1 rings (SSSR count). The Balaban J connectivity index is 2.83. The minimum absolute atomic E-state index is 0.00992. The van der Waals surface area contributed by atoms with Gasteiger partial charge in [-0.2, -0.15) is 0 Å². The maximum atomic E-state index is 12.8. The number of aliphatic hydroxyl groups excluding tert-OH is 3. The van der Waals surface area contributed by atoms with Crippen molar-refractivity contribution in [1.29, 1.82) is 0 Å². The van der Waals surface area contributed by atoms with Gasteiger partial charge in [0.15, 0.2) is 0 Å². The quantitative estimate of drug-likeness (QED) is 0.0428. The zero-order valence-corrected chi connectivity index (χ0v) is 28.9. The predicted octanol–water partition coefficient (Wildman–Crippen LogP) is 1.60. The van der Waals surface area contributed by atoms with Gasteiger partial charge >= 0.3 is 23.5 Å². The number of ether oxygens (including phenoxy) is 2. The molecule has 1 aliphatic rings. The first-order valence-electron chi connectivity index (χ1n) is 15.6. The average molecular weight is 734 g/mol. The van der Waals surface area contributed by atoms with Gasteiger partial charge in [-0.25, -0.2) is 13.7 Å². The molecule has 0 heterocycles. The summed E-state index contributed by atoms with van der Waals surface area (Å²) in [5.41, 5.74) is 5.50. The van der Waals surface area contributed by atoms with Crippen molar-refractivity contribution in [3.63, 3.8) is 0 Å². The van der Waals surface area contributed by atoms with Crippen LogP contribution in [-0.4, -0.2) is 115 Å². The average Bonchev–Trinajstić information content (AvgIpc) is 2.96. The van der Waals surface area contributed by atoms with Crippen molar-refractivity contribution < 1.29 is 81.1 Å². The van der Waals surface area contributed by atoms with E-state index in [1.54, 1.807) is 0 Å². The number of unbranched alkanes of at least 4 members (excludes halogenated alkanes) is 10. The van der Waals surface area contributed by atoms with E-state index in [0.717, 1.165) is 77.0 Å². The molecule has 46 heavy (non-hydrogen) atoms. The van der Waals surface area contributed by atoms with Gasteiger partial charge in [-0.1, -0.05) is 64.7 Å². The van der Waals surface area contributed by atoms with E-state index in [9.17, 15) is 43.7 Å². The molecule has 18 nitrogen and oxygen atoms in total. The second kappa shape index (κ2) is 22.7. The molecular formula is C25H54NO17P3. The summed E-state index contributed by atoms with van der Waals surface area (Å²) in [6.07, 6.45) is -3.22. The lowest BCUT2D eigenvalue weighted by Gasteiger charge is -2.44. The summed E-state index contributed by atoms with van der Waals surface area (Å²) in [5.74, 6) is 0. The fraction of sp³-hybridized carbons (Fsp3) is 1.00. The smallest absolute Gasteiger partial charge is 0.387 e. The summed E-state index contributed by atoms with van der Waals surface area (Å²) in [6, 6.07) is 0. The lowest BCUT2D eigenvalue weighted by atomic mass is 9.85. The summed E-state index contributed by atoms with van der Waals surface area (Å²) in [5, 5.41) is 31.4. The topological polar surface area (TPSA) is 294 Å². The van der Waals surface area contributed by atoms with E-state index in [0.29, 0.717) is 19.8 Å². The van der Waals surface area contributed by atoms with Crippen molar-refractivity contribution in [2.24, 2.45) is 5.73 Å². The number of nitrogens with two attached hydrogens (primary N) is 1. The van der Waals surface area contributed by atoms with Crippen molar-refractivity contribution in [2.45, 2.75) is 127 Å². The molecular weight excluding hydrogens is 679 g/mol. The third-order valence-electron chi connectivity index (χ3n) is 7.11. The van der Waals surface area contributed by atoms with Crippen LogP contribution in [0, 0.1) is 0 Å². The van der Waals surface area contributed by atoms with Crippen LogP contribution in [0.4, 0.5) is 0 Å². The number of aliphatic hydroxyl groups is 3. The van der Waals surface area contributed by atoms with Crippen LogP contribution in [0.2, 0.25) is 0 Å². The fourth-order valence-corrected chi connectivity index (χ4v) is 6.86. The number of rotatable bonds is 27. The molecule has 1 saturated carbocycles. The molecule has 0 bridgehead atoms. The Morgan fingerprint density at radius 3 is 1.63 bits per heavy atom. The minimum Gasteiger partial charge on any atom is -0.387 e. The van der Waals surface area contributed by atoms with E-state index in [-0.39, 0.29) is 6.61 Å². The molecule has 0 radical (unpaired) electrons. The number of hydrogen-bond donors (Lipinski definition) is 9. The van der Waals surface area contributed by atoms with Gasteiger partial charge in [0.2, 0.25) is 0 Å². The molecule has 0 aliphatic heterocycles. The zero-order valence-electron chi connectivity index (χ0n) is 26.2. The minimum atomic E-state index is -5.51. The molecule has 1 aliphatic carbocycles. The predicted molar refractivity (Wildman–Crippen MR) is 163 cm³/mol. The van der Waals surface area contributed by atoms with Gasteiger partial charge in [-0.15, -0.1) is 0 Å². The number of hydrogen-bond acceptors (Lipinski definition) is 13. The molecule has 0 saturated heterocycles. The Bertz CT molecular complexity index is 953. The molecule has 0 amide bonds. The first-order chi connectivity index (χ1) is 21.5. The molecule has 1 fully saturated rings. The van der Waals surface area contributed by atoms with Gasteiger partial charge in [0, 0.05) is 13.2 Å². The van der Waals surface area contributed by atoms with E-state index in [2.05, 4.69) is 16.0 Å². The highest BCUT2D eigenvalue weighted by Gasteiger charge is 2.56. The van der Waals surface area contributed by atoms with Crippen molar-refractivity contribution >= 4 is 23.5 Å². The van der Waals surface area contributed by atoms with Crippen molar-refractivity contribution in [1.82, 2.24) is 0 Å². The molecule has 21 heteroatoms. The van der Waals surface area contributed by atoms with Crippen LogP contribution in [0.15, 0.2) is 0 Å². The van der Waals surface area contributed by atoms with Crippen molar-refractivity contribution in [2.75, 3.05) is 33.0 Å². The SMILES string of the molecule is CCCCCCCCO[C@H](COCCCCCCCCN)COP(=O)(O)O[C@@H]1[C@H](O)[C@H](O)[C@@H](OP(=O)(O)O)[C@H](OP(=O)(O)O)[C@H]1O. The third-order valence-corrected chi connectivity index (χ3v) is 9.14. The monoisotopic (exact) mass is 733 g/mol. The Hall–Kier alpha value is 0.0900. The summed E-state index contributed by atoms with van der Waals surface area (Å²) in [4.78, 5) is 47.0. The molecule has 8 atom stereocenters. The van der Waals surface area contributed by atoms with E-state index in [4.69, 9.17) is 34.0 Å². The highest BCUT2D eigenvalue weighted by Crippen LogP contribution is 2.51. The van der Waals surface area contributed by atoms with Crippen LogP contribution in [0.25, 0.3) is 0 Å². The maximum absolute atomic E-state index is 12.8. The molecule has 0 aromatic carbocycles. The van der Waals surface area contributed by atoms with E-state index < -0.39 is 72.8 Å². The normalized spacial score (nSPS) is 26.2. The first kappa shape index (κ1) is 44.1.